The predicted octanol–water partition coefficient (Wildman–Crippen LogP) is 2.49. The van der Waals surface area contributed by atoms with Gasteiger partial charge in [0, 0.05) is 13.6 Å². The van der Waals surface area contributed by atoms with Crippen LogP contribution in [0.4, 0.5) is 5.82 Å². The number of thioether (sulfide) groups is 1. The summed E-state index contributed by atoms with van der Waals surface area (Å²) in [6, 6.07) is 13.1. The van der Waals surface area contributed by atoms with Gasteiger partial charge in [0.05, 0.1) is 17.2 Å². The molecule has 0 fully saturated rings. The number of ketones is 1. The lowest BCUT2D eigenvalue weighted by molar-refractivity contribution is 0.102. The third-order valence-corrected chi connectivity index (χ3v) is 6.99. The minimum absolute atomic E-state index is 0.0639. The first-order valence-corrected chi connectivity index (χ1v) is 12.0. The molecule has 0 amide bonds. The van der Waals surface area contributed by atoms with E-state index in [9.17, 15) is 14.4 Å². The number of hydrogen-bond acceptors (Lipinski definition) is 8. The van der Waals surface area contributed by atoms with Gasteiger partial charge >= 0.3 is 5.69 Å². The van der Waals surface area contributed by atoms with E-state index >= 15 is 0 Å². The van der Waals surface area contributed by atoms with Gasteiger partial charge in [0.15, 0.2) is 16.8 Å². The van der Waals surface area contributed by atoms with Crippen molar-refractivity contribution in [2.24, 2.45) is 7.05 Å². The fourth-order valence-corrected chi connectivity index (χ4v) is 5.03. The quantitative estimate of drug-likeness (QED) is 0.303. The number of anilines is 1. The van der Waals surface area contributed by atoms with E-state index in [4.69, 9.17) is 5.73 Å². The first-order chi connectivity index (χ1) is 15.9. The van der Waals surface area contributed by atoms with Crippen molar-refractivity contribution in [3.8, 4) is 10.7 Å². The zero-order valence-electron chi connectivity index (χ0n) is 18.1. The van der Waals surface area contributed by atoms with Crippen molar-refractivity contribution >= 4 is 34.7 Å². The highest BCUT2D eigenvalue weighted by atomic mass is 32.2. The SMILES string of the molecule is CCn1c(SCC(=O)c2c(N)n(Cc3ccccc3)c(=O)n(C)c2=O)nnc1-c1cccs1. The van der Waals surface area contributed by atoms with Gasteiger partial charge in [-0.2, -0.15) is 0 Å². The Morgan fingerprint density at radius 2 is 1.85 bits per heavy atom. The molecule has 33 heavy (non-hydrogen) atoms. The molecule has 0 unspecified atom stereocenters. The topological polar surface area (TPSA) is 118 Å². The van der Waals surface area contributed by atoms with E-state index in [1.165, 1.54) is 23.4 Å². The van der Waals surface area contributed by atoms with Crippen molar-refractivity contribution in [2.75, 3.05) is 11.5 Å². The molecule has 170 valence electrons. The van der Waals surface area contributed by atoms with E-state index in [0.29, 0.717) is 11.7 Å². The molecule has 0 aliphatic carbocycles. The summed E-state index contributed by atoms with van der Waals surface area (Å²) >= 11 is 2.74. The van der Waals surface area contributed by atoms with Crippen LogP contribution < -0.4 is 17.0 Å². The maximum atomic E-state index is 13.1. The molecule has 4 rings (SSSR count). The Hall–Kier alpha value is -3.44. The summed E-state index contributed by atoms with van der Waals surface area (Å²) in [7, 11) is 1.34. The number of nitrogens with zero attached hydrogens (tertiary/aromatic N) is 5. The molecule has 0 spiro atoms. The molecule has 11 heteroatoms. The third kappa shape index (κ3) is 4.41. The van der Waals surface area contributed by atoms with Crippen molar-refractivity contribution < 1.29 is 4.79 Å². The molecule has 0 saturated heterocycles. The Balaban J connectivity index is 1.63. The monoisotopic (exact) mass is 482 g/mol. The summed E-state index contributed by atoms with van der Waals surface area (Å²) in [6.45, 7) is 2.75. The largest absolute Gasteiger partial charge is 0.384 e. The number of benzene rings is 1. The van der Waals surface area contributed by atoms with Crippen molar-refractivity contribution in [1.29, 1.82) is 0 Å². The Bertz CT molecular complexity index is 1400. The zero-order chi connectivity index (χ0) is 23.5. The van der Waals surface area contributed by atoms with Crippen LogP contribution in [0.5, 0.6) is 0 Å². The Labute approximate surface area is 197 Å². The van der Waals surface area contributed by atoms with Crippen LogP contribution in [-0.2, 0) is 20.1 Å². The molecule has 3 aromatic heterocycles. The van der Waals surface area contributed by atoms with Gasteiger partial charge < -0.3 is 10.3 Å². The molecule has 0 radical (unpaired) electrons. The number of carbonyl (C=O) groups excluding carboxylic acids is 1. The van der Waals surface area contributed by atoms with Crippen molar-refractivity contribution in [1.82, 2.24) is 23.9 Å². The van der Waals surface area contributed by atoms with Crippen molar-refractivity contribution in [2.45, 2.75) is 25.2 Å². The van der Waals surface area contributed by atoms with Crippen LogP contribution in [0.25, 0.3) is 10.7 Å². The van der Waals surface area contributed by atoms with E-state index in [1.807, 2.05) is 59.3 Å². The van der Waals surface area contributed by atoms with Crippen LogP contribution >= 0.6 is 23.1 Å². The maximum Gasteiger partial charge on any atom is 0.332 e. The van der Waals surface area contributed by atoms with Crippen LogP contribution in [0.3, 0.4) is 0 Å². The summed E-state index contributed by atoms with van der Waals surface area (Å²) < 4.78 is 4.08. The van der Waals surface area contributed by atoms with Crippen LogP contribution in [0.15, 0.2) is 62.6 Å². The predicted molar refractivity (Wildman–Crippen MR) is 130 cm³/mol. The minimum Gasteiger partial charge on any atom is -0.384 e. The van der Waals surface area contributed by atoms with Crippen LogP contribution in [-0.4, -0.2) is 35.4 Å². The maximum absolute atomic E-state index is 13.1. The lowest BCUT2D eigenvalue weighted by atomic mass is 10.2. The second-order valence-electron chi connectivity index (χ2n) is 7.22. The Kier molecular flexibility index (Phi) is 6.61. The fourth-order valence-electron chi connectivity index (χ4n) is 3.43. The molecule has 0 atom stereocenters. The molecule has 9 nitrogen and oxygen atoms in total. The van der Waals surface area contributed by atoms with E-state index < -0.39 is 17.0 Å². The first kappa shape index (κ1) is 22.7. The van der Waals surface area contributed by atoms with Gasteiger partial charge in [0.25, 0.3) is 5.56 Å². The number of rotatable bonds is 8. The average molecular weight is 483 g/mol. The lowest BCUT2D eigenvalue weighted by Crippen LogP contribution is -2.43. The normalized spacial score (nSPS) is 11.1. The summed E-state index contributed by atoms with van der Waals surface area (Å²) in [6.07, 6.45) is 0. The van der Waals surface area contributed by atoms with Gasteiger partial charge in [-0.1, -0.05) is 48.2 Å². The van der Waals surface area contributed by atoms with Gasteiger partial charge in [0.1, 0.15) is 11.4 Å². The highest BCUT2D eigenvalue weighted by molar-refractivity contribution is 7.99. The Morgan fingerprint density at radius 1 is 1.09 bits per heavy atom. The number of carbonyl (C=O) groups is 1. The van der Waals surface area contributed by atoms with E-state index in [0.717, 1.165) is 20.8 Å². The van der Waals surface area contributed by atoms with Gasteiger partial charge in [-0.3, -0.25) is 18.7 Å². The number of aromatic nitrogens is 5. The summed E-state index contributed by atoms with van der Waals surface area (Å²) in [4.78, 5) is 39.5. The Morgan fingerprint density at radius 3 is 2.52 bits per heavy atom. The molecule has 0 bridgehead atoms. The molecular formula is C22H22N6O3S2. The highest BCUT2D eigenvalue weighted by Gasteiger charge is 2.23. The average Bonchev–Trinajstić information content (AvgIpc) is 3.49. The molecule has 0 aliphatic heterocycles. The molecule has 2 N–H and O–H groups in total. The van der Waals surface area contributed by atoms with Crippen molar-refractivity contribution in [3.05, 3.63) is 79.8 Å². The molecular weight excluding hydrogens is 460 g/mol. The second-order valence-corrected chi connectivity index (χ2v) is 9.11. The number of nitrogens with two attached hydrogens (primary N) is 1. The summed E-state index contributed by atoms with van der Waals surface area (Å²) in [5.41, 5.74) is 5.54. The smallest absolute Gasteiger partial charge is 0.332 e. The van der Waals surface area contributed by atoms with Crippen LogP contribution in [0.2, 0.25) is 0 Å². The van der Waals surface area contributed by atoms with Gasteiger partial charge in [-0.15, -0.1) is 21.5 Å². The van der Waals surface area contributed by atoms with E-state index in [2.05, 4.69) is 10.2 Å². The van der Waals surface area contributed by atoms with Crippen LogP contribution in [0.1, 0.15) is 22.8 Å². The standard InChI is InChI=1S/C22H22N6O3S2/c1-3-27-19(16-10-7-11-32-16)24-25-21(27)33-13-15(29)17-18(23)28(22(31)26(2)20(17)30)12-14-8-5-4-6-9-14/h4-11H,3,12-13,23H2,1-2H3. The number of nitrogen functional groups attached to an aromatic ring is 1. The number of hydrogen-bond donors (Lipinski definition) is 1. The van der Waals surface area contributed by atoms with Crippen LogP contribution in [0, 0.1) is 0 Å². The van der Waals surface area contributed by atoms with Gasteiger partial charge in [-0.25, -0.2) is 4.79 Å². The van der Waals surface area contributed by atoms with Crippen molar-refractivity contribution in [3.63, 3.8) is 0 Å². The number of Topliss-reactive ketones (excluding diaryl/α,β-unsaturated/α-hetero) is 1. The van der Waals surface area contributed by atoms with E-state index in [1.54, 1.807) is 11.3 Å². The minimum atomic E-state index is -0.705. The molecule has 0 aliphatic rings. The summed E-state index contributed by atoms with van der Waals surface area (Å²) in [5, 5.41) is 11.0. The second kappa shape index (κ2) is 9.59. The molecule has 1 aromatic carbocycles. The number of thiophene rings is 1. The van der Waals surface area contributed by atoms with Gasteiger partial charge in [0.2, 0.25) is 0 Å². The fraction of sp³-hybridized carbons (Fsp3) is 0.227. The van der Waals surface area contributed by atoms with E-state index in [-0.39, 0.29) is 23.7 Å². The molecule has 0 saturated carbocycles. The first-order valence-electron chi connectivity index (χ1n) is 10.2. The lowest BCUT2D eigenvalue weighted by Gasteiger charge is -2.14. The van der Waals surface area contributed by atoms with Gasteiger partial charge in [-0.05, 0) is 23.9 Å². The third-order valence-electron chi connectivity index (χ3n) is 5.15. The highest BCUT2D eigenvalue weighted by Crippen LogP contribution is 2.27. The zero-order valence-corrected chi connectivity index (χ0v) is 19.7. The summed E-state index contributed by atoms with van der Waals surface area (Å²) in [5.74, 6) is 0.0669. The molecule has 3 heterocycles. The molecule has 4 aromatic rings.